The second kappa shape index (κ2) is 9.33. The van der Waals surface area contributed by atoms with E-state index in [-0.39, 0.29) is 12.0 Å². The van der Waals surface area contributed by atoms with E-state index in [1.807, 2.05) is 13.0 Å². The minimum atomic E-state index is 0.151. The molecular formula is C21H33N3O2. The van der Waals surface area contributed by atoms with Crippen LogP contribution in [0.1, 0.15) is 70.5 Å². The van der Waals surface area contributed by atoms with Crippen LogP contribution in [0.15, 0.2) is 12.3 Å². The van der Waals surface area contributed by atoms with Crippen molar-refractivity contribution in [3.63, 3.8) is 0 Å². The number of ether oxygens (including phenoxy) is 1. The molecule has 2 aliphatic rings. The van der Waals surface area contributed by atoms with Crippen molar-refractivity contribution < 1.29 is 9.53 Å². The van der Waals surface area contributed by atoms with Gasteiger partial charge in [-0.25, -0.2) is 4.98 Å². The quantitative estimate of drug-likeness (QED) is 0.765. The fourth-order valence-corrected chi connectivity index (χ4v) is 4.31. The smallest absolute Gasteiger partial charge is 0.225 e. The molecule has 1 aliphatic carbocycles. The summed E-state index contributed by atoms with van der Waals surface area (Å²) in [5, 5.41) is 0. The molecule has 3 rings (SSSR count). The molecule has 2 fully saturated rings. The summed E-state index contributed by atoms with van der Waals surface area (Å²) in [5.74, 6) is 2.87. The molecule has 0 aromatic carbocycles. The second-order valence-electron chi connectivity index (χ2n) is 7.94. The molecule has 0 bridgehead atoms. The first-order valence-corrected chi connectivity index (χ1v) is 10.4. The zero-order chi connectivity index (χ0) is 18.4. The highest BCUT2D eigenvalue weighted by Gasteiger charge is 2.31. The number of aromatic nitrogens is 2. The van der Waals surface area contributed by atoms with Crippen molar-refractivity contribution in [1.29, 1.82) is 0 Å². The molecule has 1 saturated heterocycles. The summed E-state index contributed by atoms with van der Waals surface area (Å²) in [6.45, 7) is 5.74. The lowest BCUT2D eigenvalue weighted by molar-refractivity contribution is -0.138. The van der Waals surface area contributed by atoms with E-state index in [0.717, 1.165) is 50.5 Å². The van der Waals surface area contributed by atoms with Gasteiger partial charge < -0.3 is 9.64 Å². The number of carbonyl (C=O) groups is 1. The third kappa shape index (κ3) is 5.18. The molecule has 2 heterocycles. The maximum Gasteiger partial charge on any atom is 0.225 e. The summed E-state index contributed by atoms with van der Waals surface area (Å²) in [6, 6.07) is 1.81. The Balaban J connectivity index is 1.41. The van der Waals surface area contributed by atoms with Gasteiger partial charge >= 0.3 is 0 Å². The number of rotatable bonds is 6. The van der Waals surface area contributed by atoms with Crippen molar-refractivity contribution in [2.75, 3.05) is 13.1 Å². The van der Waals surface area contributed by atoms with E-state index in [2.05, 4.69) is 21.8 Å². The van der Waals surface area contributed by atoms with Crippen molar-refractivity contribution >= 4 is 5.91 Å². The lowest BCUT2D eigenvalue weighted by Gasteiger charge is -2.36. The number of likely N-dealkylation sites (tertiary alicyclic amines) is 1. The van der Waals surface area contributed by atoms with E-state index >= 15 is 0 Å². The van der Waals surface area contributed by atoms with E-state index in [9.17, 15) is 4.79 Å². The summed E-state index contributed by atoms with van der Waals surface area (Å²) in [4.78, 5) is 23.3. The molecule has 0 spiro atoms. The summed E-state index contributed by atoms with van der Waals surface area (Å²) in [7, 11) is 0. The first-order valence-electron chi connectivity index (χ1n) is 10.4. The Labute approximate surface area is 157 Å². The van der Waals surface area contributed by atoms with Crippen molar-refractivity contribution in [2.24, 2.45) is 11.8 Å². The number of unbranched alkanes of at least 4 members (excludes halogenated alkanes) is 1. The van der Waals surface area contributed by atoms with E-state index < -0.39 is 0 Å². The van der Waals surface area contributed by atoms with E-state index in [0.29, 0.717) is 11.8 Å². The number of amides is 1. The van der Waals surface area contributed by atoms with Crippen LogP contribution in [0.25, 0.3) is 0 Å². The molecule has 1 aromatic rings. The predicted molar refractivity (Wildman–Crippen MR) is 102 cm³/mol. The molecule has 1 aromatic heterocycles. The molecule has 26 heavy (non-hydrogen) atoms. The zero-order valence-corrected chi connectivity index (χ0v) is 16.3. The molecule has 0 atom stereocenters. The standard InChI is InChI=1S/C21H33N3O2/c1-3-4-5-17-6-8-18(9-7-17)21(25)24-14-11-19(12-15-24)26-20-10-13-22-16(2)23-20/h10,13,17-19H,3-9,11-12,14-15H2,1-2H3. The molecule has 1 aliphatic heterocycles. The Kier molecular flexibility index (Phi) is 6.86. The average Bonchev–Trinajstić information content (AvgIpc) is 2.67. The van der Waals surface area contributed by atoms with Crippen molar-refractivity contribution in [3.05, 3.63) is 18.1 Å². The van der Waals surface area contributed by atoms with Crippen LogP contribution in [0, 0.1) is 18.8 Å². The number of carbonyl (C=O) groups excluding carboxylic acids is 1. The first-order chi connectivity index (χ1) is 12.7. The third-order valence-corrected chi connectivity index (χ3v) is 5.95. The number of hydrogen-bond acceptors (Lipinski definition) is 4. The van der Waals surface area contributed by atoms with Gasteiger partial charge in [-0.2, -0.15) is 4.98 Å². The van der Waals surface area contributed by atoms with Crippen molar-refractivity contribution in [2.45, 2.75) is 77.7 Å². The van der Waals surface area contributed by atoms with Crippen LogP contribution in [-0.4, -0.2) is 40.0 Å². The molecular weight excluding hydrogens is 326 g/mol. The highest BCUT2D eigenvalue weighted by molar-refractivity contribution is 5.79. The Bertz CT molecular complexity index is 576. The SMILES string of the molecule is CCCCC1CCC(C(=O)N2CCC(Oc3ccnc(C)n3)CC2)CC1. The summed E-state index contributed by atoms with van der Waals surface area (Å²) in [6.07, 6.45) is 12.3. The second-order valence-corrected chi connectivity index (χ2v) is 7.94. The van der Waals surface area contributed by atoms with Crippen LogP contribution in [0.3, 0.4) is 0 Å². The maximum atomic E-state index is 12.8. The fraction of sp³-hybridized carbons (Fsp3) is 0.762. The average molecular weight is 360 g/mol. The van der Waals surface area contributed by atoms with Gasteiger partial charge in [-0.3, -0.25) is 4.79 Å². The highest BCUT2D eigenvalue weighted by atomic mass is 16.5. The molecule has 144 valence electrons. The topological polar surface area (TPSA) is 55.3 Å². The van der Waals surface area contributed by atoms with Crippen LogP contribution in [-0.2, 0) is 4.79 Å². The van der Waals surface area contributed by atoms with E-state index in [4.69, 9.17) is 4.74 Å². The van der Waals surface area contributed by atoms with Gasteiger partial charge in [0.25, 0.3) is 0 Å². The fourth-order valence-electron chi connectivity index (χ4n) is 4.31. The Hall–Kier alpha value is -1.65. The van der Waals surface area contributed by atoms with Crippen molar-refractivity contribution in [3.8, 4) is 5.88 Å². The zero-order valence-electron chi connectivity index (χ0n) is 16.3. The molecule has 0 unspecified atom stereocenters. The predicted octanol–water partition coefficient (Wildman–Crippen LogP) is 4.15. The van der Waals surface area contributed by atoms with E-state index in [1.165, 1.54) is 32.1 Å². The minimum absolute atomic E-state index is 0.151. The van der Waals surface area contributed by atoms with Crippen LogP contribution in [0.2, 0.25) is 0 Å². The summed E-state index contributed by atoms with van der Waals surface area (Å²) < 4.78 is 5.97. The van der Waals surface area contributed by atoms with Gasteiger partial charge in [0.2, 0.25) is 11.8 Å². The number of hydrogen-bond donors (Lipinski definition) is 0. The normalized spacial score (nSPS) is 24.5. The highest BCUT2D eigenvalue weighted by Crippen LogP contribution is 2.33. The summed E-state index contributed by atoms with van der Waals surface area (Å²) in [5.41, 5.74) is 0. The third-order valence-electron chi connectivity index (χ3n) is 5.95. The van der Waals surface area contributed by atoms with Gasteiger partial charge in [0.15, 0.2) is 0 Å². The van der Waals surface area contributed by atoms with Gasteiger partial charge in [0, 0.05) is 44.1 Å². The molecule has 1 amide bonds. The van der Waals surface area contributed by atoms with E-state index in [1.54, 1.807) is 6.20 Å². The summed E-state index contributed by atoms with van der Waals surface area (Å²) >= 11 is 0. The van der Waals surface area contributed by atoms with Gasteiger partial charge in [-0.15, -0.1) is 0 Å². The van der Waals surface area contributed by atoms with Gasteiger partial charge in [0.1, 0.15) is 11.9 Å². The monoisotopic (exact) mass is 359 g/mol. The first kappa shape index (κ1) is 19.1. The van der Waals surface area contributed by atoms with Crippen LogP contribution in [0.4, 0.5) is 0 Å². The number of aryl methyl sites for hydroxylation is 1. The van der Waals surface area contributed by atoms with Crippen LogP contribution >= 0.6 is 0 Å². The molecule has 1 saturated carbocycles. The Morgan fingerprint density at radius 3 is 2.58 bits per heavy atom. The number of piperidine rings is 1. The van der Waals surface area contributed by atoms with Crippen molar-refractivity contribution in [1.82, 2.24) is 14.9 Å². The number of nitrogens with zero attached hydrogens (tertiary/aromatic N) is 3. The van der Waals surface area contributed by atoms with Crippen LogP contribution in [0.5, 0.6) is 5.88 Å². The van der Waals surface area contributed by atoms with Crippen LogP contribution < -0.4 is 4.74 Å². The Morgan fingerprint density at radius 2 is 1.92 bits per heavy atom. The minimum Gasteiger partial charge on any atom is -0.474 e. The molecule has 5 nitrogen and oxygen atoms in total. The lowest BCUT2D eigenvalue weighted by atomic mass is 9.79. The molecule has 5 heteroatoms. The largest absolute Gasteiger partial charge is 0.474 e. The molecule has 0 radical (unpaired) electrons. The van der Waals surface area contributed by atoms with Gasteiger partial charge in [-0.1, -0.05) is 26.2 Å². The lowest BCUT2D eigenvalue weighted by Crippen LogP contribution is -2.45. The Morgan fingerprint density at radius 1 is 1.19 bits per heavy atom. The molecule has 0 N–H and O–H groups in total. The van der Waals surface area contributed by atoms with Gasteiger partial charge in [0.05, 0.1) is 0 Å². The van der Waals surface area contributed by atoms with Gasteiger partial charge in [-0.05, 0) is 38.5 Å². The maximum absolute atomic E-state index is 12.8.